The topological polar surface area (TPSA) is 82.2 Å². The summed E-state index contributed by atoms with van der Waals surface area (Å²) in [5.41, 5.74) is 1.89. The molecule has 3 rings (SSSR count). The predicted octanol–water partition coefficient (Wildman–Crippen LogP) is 3.11. The molecule has 0 aliphatic heterocycles. The Balaban J connectivity index is 1.69. The largest absolute Gasteiger partial charge is 0.480 e. The summed E-state index contributed by atoms with van der Waals surface area (Å²) in [6.45, 7) is 2.20. The standard InChI is InChI=1S/C19H24N2O3/c1-12-6-8-13(9-7-12)18(22)21-17(19(23)24)10-14-11-20-16-5-3-2-4-15(14)16/h2-5,11-13,17,20H,6-10H2,1H3,(H,21,22)(H,23,24)/t12?,13?,17-/m0/s1. The van der Waals surface area contributed by atoms with E-state index < -0.39 is 12.0 Å². The third-order valence-corrected chi connectivity index (χ3v) is 5.10. The maximum Gasteiger partial charge on any atom is 0.326 e. The number of nitrogens with one attached hydrogen (secondary N) is 2. The first-order valence-corrected chi connectivity index (χ1v) is 8.62. The molecule has 1 amide bonds. The van der Waals surface area contributed by atoms with Gasteiger partial charge in [0.15, 0.2) is 0 Å². The summed E-state index contributed by atoms with van der Waals surface area (Å²) in [6.07, 6.45) is 5.90. The lowest BCUT2D eigenvalue weighted by molar-refractivity contribution is -0.142. The minimum atomic E-state index is -0.988. The molecule has 24 heavy (non-hydrogen) atoms. The van der Waals surface area contributed by atoms with Gasteiger partial charge in [-0.1, -0.05) is 25.1 Å². The Morgan fingerprint density at radius 3 is 2.67 bits per heavy atom. The number of fused-ring (bicyclic) bond motifs is 1. The number of carboxylic acids is 1. The first-order chi connectivity index (χ1) is 11.5. The second kappa shape index (κ2) is 7.07. The highest BCUT2D eigenvalue weighted by atomic mass is 16.4. The van der Waals surface area contributed by atoms with E-state index in [9.17, 15) is 14.7 Å². The minimum absolute atomic E-state index is 0.0500. The number of carbonyl (C=O) groups is 2. The highest BCUT2D eigenvalue weighted by molar-refractivity contribution is 5.87. The van der Waals surface area contributed by atoms with Crippen molar-refractivity contribution in [2.45, 2.75) is 45.1 Å². The Hall–Kier alpha value is -2.30. The van der Waals surface area contributed by atoms with Crippen LogP contribution in [0.25, 0.3) is 10.9 Å². The average Bonchev–Trinajstić information content (AvgIpc) is 2.98. The summed E-state index contributed by atoms with van der Waals surface area (Å²) in [5, 5.41) is 13.3. The number of aliphatic carboxylic acids is 1. The van der Waals surface area contributed by atoms with E-state index in [1.165, 1.54) is 0 Å². The van der Waals surface area contributed by atoms with Crippen LogP contribution in [0.15, 0.2) is 30.5 Å². The summed E-state index contributed by atoms with van der Waals surface area (Å²) in [6, 6.07) is 6.89. The lowest BCUT2D eigenvalue weighted by atomic mass is 9.82. The number of benzene rings is 1. The molecule has 0 bridgehead atoms. The van der Waals surface area contributed by atoms with Crippen LogP contribution >= 0.6 is 0 Å². The molecule has 1 aliphatic carbocycles. The fourth-order valence-corrected chi connectivity index (χ4v) is 3.53. The molecule has 1 heterocycles. The molecule has 128 valence electrons. The summed E-state index contributed by atoms with van der Waals surface area (Å²) in [7, 11) is 0. The van der Waals surface area contributed by atoms with Crippen LogP contribution < -0.4 is 5.32 Å². The number of H-pyrrole nitrogens is 1. The Labute approximate surface area is 141 Å². The van der Waals surface area contributed by atoms with Crippen LogP contribution in [0.4, 0.5) is 0 Å². The minimum Gasteiger partial charge on any atom is -0.480 e. The molecular weight excluding hydrogens is 304 g/mol. The van der Waals surface area contributed by atoms with Gasteiger partial charge in [-0.05, 0) is 43.2 Å². The maximum absolute atomic E-state index is 12.4. The fraction of sp³-hybridized carbons (Fsp3) is 0.474. The van der Waals surface area contributed by atoms with Crippen molar-refractivity contribution in [2.24, 2.45) is 11.8 Å². The van der Waals surface area contributed by atoms with Gasteiger partial charge < -0.3 is 15.4 Å². The zero-order valence-corrected chi connectivity index (χ0v) is 13.9. The van der Waals surface area contributed by atoms with E-state index in [0.717, 1.165) is 42.1 Å². The van der Waals surface area contributed by atoms with Crippen LogP contribution in [0, 0.1) is 11.8 Å². The Morgan fingerprint density at radius 2 is 1.96 bits per heavy atom. The van der Waals surface area contributed by atoms with Crippen LogP contribution in [0.5, 0.6) is 0 Å². The molecule has 3 N–H and O–H groups in total. The zero-order valence-electron chi connectivity index (χ0n) is 13.9. The van der Waals surface area contributed by atoms with Gasteiger partial charge in [-0.3, -0.25) is 4.79 Å². The number of aromatic nitrogens is 1. The van der Waals surface area contributed by atoms with Crippen LogP contribution in [0.3, 0.4) is 0 Å². The molecular formula is C19H24N2O3. The molecule has 1 aromatic carbocycles. The van der Waals surface area contributed by atoms with Gasteiger partial charge in [0.05, 0.1) is 0 Å². The molecule has 5 heteroatoms. The number of aromatic amines is 1. The smallest absolute Gasteiger partial charge is 0.326 e. The number of carbonyl (C=O) groups excluding carboxylic acids is 1. The molecule has 5 nitrogen and oxygen atoms in total. The third-order valence-electron chi connectivity index (χ3n) is 5.10. The normalized spacial score (nSPS) is 22.2. The molecule has 2 aromatic rings. The number of para-hydroxylation sites is 1. The van der Waals surface area contributed by atoms with Crippen molar-refractivity contribution >= 4 is 22.8 Å². The van der Waals surface area contributed by atoms with Gasteiger partial charge in [-0.25, -0.2) is 4.79 Å². The van der Waals surface area contributed by atoms with E-state index in [1.54, 1.807) is 0 Å². The quantitative estimate of drug-likeness (QED) is 0.789. The van der Waals surface area contributed by atoms with Crippen molar-refractivity contribution in [3.63, 3.8) is 0 Å². The van der Waals surface area contributed by atoms with Crippen LogP contribution in [-0.2, 0) is 16.0 Å². The summed E-state index contributed by atoms with van der Waals surface area (Å²) >= 11 is 0. The second-order valence-electron chi connectivity index (χ2n) is 6.92. The van der Waals surface area contributed by atoms with Crippen molar-refractivity contribution in [3.05, 3.63) is 36.0 Å². The lowest BCUT2D eigenvalue weighted by Crippen LogP contribution is -2.45. The van der Waals surface area contributed by atoms with Gasteiger partial charge in [0.1, 0.15) is 6.04 Å². The van der Waals surface area contributed by atoms with E-state index in [2.05, 4.69) is 17.2 Å². The van der Waals surface area contributed by atoms with Gasteiger partial charge in [-0.15, -0.1) is 0 Å². The van der Waals surface area contributed by atoms with E-state index in [-0.39, 0.29) is 18.2 Å². The molecule has 0 unspecified atom stereocenters. The number of hydrogen-bond donors (Lipinski definition) is 3. The molecule has 0 spiro atoms. The van der Waals surface area contributed by atoms with Gasteiger partial charge in [0.25, 0.3) is 0 Å². The lowest BCUT2D eigenvalue weighted by Gasteiger charge is -2.26. The van der Waals surface area contributed by atoms with E-state index in [0.29, 0.717) is 5.92 Å². The second-order valence-corrected chi connectivity index (χ2v) is 6.92. The molecule has 1 aliphatic rings. The van der Waals surface area contributed by atoms with Gasteiger partial charge in [-0.2, -0.15) is 0 Å². The van der Waals surface area contributed by atoms with Crippen LogP contribution in [-0.4, -0.2) is 28.0 Å². The highest BCUT2D eigenvalue weighted by Gasteiger charge is 2.28. The van der Waals surface area contributed by atoms with Gasteiger partial charge in [0.2, 0.25) is 5.91 Å². The molecule has 1 aromatic heterocycles. The van der Waals surface area contributed by atoms with E-state index in [1.807, 2.05) is 30.5 Å². The SMILES string of the molecule is CC1CCC(C(=O)N[C@@H](Cc2c[nH]c3ccccc23)C(=O)O)CC1. The predicted molar refractivity (Wildman–Crippen MR) is 92.7 cm³/mol. The number of rotatable bonds is 5. The van der Waals surface area contributed by atoms with Crippen molar-refractivity contribution in [2.75, 3.05) is 0 Å². The third kappa shape index (κ3) is 3.61. The van der Waals surface area contributed by atoms with E-state index in [4.69, 9.17) is 0 Å². The molecule has 1 atom stereocenters. The van der Waals surface area contributed by atoms with Crippen LogP contribution in [0.1, 0.15) is 38.2 Å². The van der Waals surface area contributed by atoms with Crippen molar-refractivity contribution in [1.29, 1.82) is 0 Å². The molecule has 1 saturated carbocycles. The first-order valence-electron chi connectivity index (χ1n) is 8.62. The summed E-state index contributed by atoms with van der Waals surface area (Å²) in [5.74, 6) is -0.492. The van der Waals surface area contributed by atoms with Gasteiger partial charge in [0, 0.05) is 29.4 Å². The maximum atomic E-state index is 12.4. The molecule has 0 radical (unpaired) electrons. The summed E-state index contributed by atoms with van der Waals surface area (Å²) in [4.78, 5) is 27.2. The van der Waals surface area contributed by atoms with Crippen molar-refractivity contribution in [1.82, 2.24) is 10.3 Å². The Kier molecular flexibility index (Phi) is 4.88. The van der Waals surface area contributed by atoms with Crippen molar-refractivity contribution in [3.8, 4) is 0 Å². The average molecular weight is 328 g/mol. The number of amides is 1. The monoisotopic (exact) mass is 328 g/mol. The highest BCUT2D eigenvalue weighted by Crippen LogP contribution is 2.28. The number of hydrogen-bond acceptors (Lipinski definition) is 2. The first kappa shape index (κ1) is 16.6. The van der Waals surface area contributed by atoms with Crippen LogP contribution in [0.2, 0.25) is 0 Å². The van der Waals surface area contributed by atoms with Gasteiger partial charge >= 0.3 is 5.97 Å². The number of carboxylic acid groups (broad SMARTS) is 1. The summed E-state index contributed by atoms with van der Waals surface area (Å²) < 4.78 is 0. The Morgan fingerprint density at radius 1 is 1.25 bits per heavy atom. The van der Waals surface area contributed by atoms with Crippen molar-refractivity contribution < 1.29 is 14.7 Å². The zero-order chi connectivity index (χ0) is 17.1. The van der Waals surface area contributed by atoms with E-state index >= 15 is 0 Å². The Bertz CT molecular complexity index is 729. The fourth-order valence-electron chi connectivity index (χ4n) is 3.53. The molecule has 1 fully saturated rings. The molecule has 0 saturated heterocycles.